The van der Waals surface area contributed by atoms with Gasteiger partial charge in [0, 0.05) is 17.5 Å². The summed E-state index contributed by atoms with van der Waals surface area (Å²) < 4.78 is 17.5. The van der Waals surface area contributed by atoms with E-state index in [1.807, 2.05) is 12.1 Å². The molecule has 0 aliphatic rings. The minimum Gasteiger partial charge on any atom is -0.497 e. The molecule has 0 radical (unpaired) electrons. The van der Waals surface area contributed by atoms with Crippen molar-refractivity contribution in [3.05, 3.63) is 42.0 Å². The van der Waals surface area contributed by atoms with Crippen LogP contribution < -0.4 is 14.2 Å². The summed E-state index contributed by atoms with van der Waals surface area (Å²) in [7, 11) is 4.58. The number of methoxy groups -OCH3 is 3. The fourth-order valence-corrected chi connectivity index (χ4v) is 3.40. The number of unbranched alkanes of at least 4 members (excludes halogenated alkanes) is 2. The van der Waals surface area contributed by atoms with Gasteiger partial charge >= 0.3 is 0 Å². The van der Waals surface area contributed by atoms with Crippen LogP contribution in [0.15, 0.2) is 46.6 Å². The Balaban J connectivity index is 1.98. The van der Waals surface area contributed by atoms with Gasteiger partial charge in [-0.1, -0.05) is 19.8 Å². The van der Waals surface area contributed by atoms with Crippen LogP contribution in [0.1, 0.15) is 36.5 Å². The number of hydrogen-bond donors (Lipinski definition) is 1. The molecule has 0 saturated carbocycles. The molecule has 1 amide bonds. The highest BCUT2D eigenvalue weighted by Crippen LogP contribution is 2.41. The number of rotatable bonds is 9. The number of nitrogens with zero attached hydrogens (tertiary/aromatic N) is 3. The third kappa shape index (κ3) is 4.63. The van der Waals surface area contributed by atoms with Crippen molar-refractivity contribution in [1.82, 2.24) is 4.57 Å². The van der Waals surface area contributed by atoms with E-state index >= 15 is 0 Å². The molecule has 2 aromatic carbocycles. The van der Waals surface area contributed by atoms with Gasteiger partial charge in [0.25, 0.3) is 5.91 Å². The lowest BCUT2D eigenvalue weighted by molar-refractivity contribution is 0.0994. The summed E-state index contributed by atoms with van der Waals surface area (Å²) in [6.07, 6.45) is 3.03. The number of azo groups is 1. The molecule has 0 unspecified atom stereocenters. The molecule has 0 aliphatic carbocycles. The van der Waals surface area contributed by atoms with Gasteiger partial charge < -0.3 is 23.9 Å². The Hall–Kier alpha value is -3.55. The molecule has 1 aromatic heterocycles. The van der Waals surface area contributed by atoms with Crippen LogP contribution >= 0.6 is 0 Å². The fraction of sp³-hybridized carbons (Fsp3) is 0.348. The maximum Gasteiger partial charge on any atom is 0.295 e. The van der Waals surface area contributed by atoms with E-state index < -0.39 is 5.91 Å². The average Bonchev–Trinajstić information content (AvgIpc) is 3.06. The lowest BCUT2D eigenvalue weighted by Gasteiger charge is -2.07. The smallest absolute Gasteiger partial charge is 0.295 e. The van der Waals surface area contributed by atoms with Gasteiger partial charge in [-0.15, -0.1) is 10.2 Å². The molecule has 1 heterocycles. The highest BCUT2D eigenvalue weighted by molar-refractivity contribution is 5.98. The minimum absolute atomic E-state index is 0.0248. The van der Waals surface area contributed by atoms with Crippen LogP contribution in [-0.2, 0) is 6.54 Å². The number of ether oxygens (including phenoxy) is 3. The first-order valence-electron chi connectivity index (χ1n) is 10.1. The fourth-order valence-electron chi connectivity index (χ4n) is 3.40. The van der Waals surface area contributed by atoms with Gasteiger partial charge in [0.1, 0.15) is 5.75 Å². The molecule has 1 N–H and O–H groups in total. The van der Waals surface area contributed by atoms with E-state index in [2.05, 4.69) is 17.2 Å². The van der Waals surface area contributed by atoms with Crippen molar-refractivity contribution in [1.29, 1.82) is 0 Å². The Labute approximate surface area is 181 Å². The second-order valence-electron chi connectivity index (χ2n) is 6.99. The Morgan fingerprint density at radius 2 is 1.77 bits per heavy atom. The normalized spacial score (nSPS) is 11.2. The molecular weight excluding hydrogens is 398 g/mol. The number of aromatic nitrogens is 1. The molecule has 0 bridgehead atoms. The highest BCUT2D eigenvalue weighted by Gasteiger charge is 2.18. The molecule has 164 valence electrons. The first-order valence-corrected chi connectivity index (χ1v) is 10.1. The van der Waals surface area contributed by atoms with Gasteiger partial charge in [-0.3, -0.25) is 4.79 Å². The molecule has 3 aromatic rings. The molecule has 0 aliphatic heterocycles. The van der Waals surface area contributed by atoms with Crippen LogP contribution in [0.25, 0.3) is 10.9 Å². The van der Waals surface area contributed by atoms with E-state index in [0.717, 1.165) is 24.8 Å². The van der Waals surface area contributed by atoms with Crippen LogP contribution in [0.2, 0.25) is 0 Å². The van der Waals surface area contributed by atoms with Crippen LogP contribution in [0, 0.1) is 0 Å². The summed E-state index contributed by atoms with van der Waals surface area (Å²) in [6, 6.07) is 10.2. The second kappa shape index (κ2) is 9.97. The van der Waals surface area contributed by atoms with Crippen molar-refractivity contribution in [3.8, 4) is 23.1 Å². The van der Waals surface area contributed by atoms with Gasteiger partial charge in [0.2, 0.25) is 5.88 Å². The molecule has 0 saturated heterocycles. The predicted octanol–water partition coefficient (Wildman–Crippen LogP) is 5.49. The van der Waals surface area contributed by atoms with Crippen LogP contribution in [0.4, 0.5) is 5.69 Å². The summed E-state index contributed by atoms with van der Waals surface area (Å²) in [5.74, 6) is 0.971. The first kappa shape index (κ1) is 22.1. The van der Waals surface area contributed by atoms with Gasteiger partial charge in [0.05, 0.1) is 26.8 Å². The van der Waals surface area contributed by atoms with Crippen LogP contribution in [0.3, 0.4) is 0 Å². The van der Waals surface area contributed by atoms with Crippen molar-refractivity contribution >= 4 is 22.5 Å². The van der Waals surface area contributed by atoms with Crippen molar-refractivity contribution < 1.29 is 24.1 Å². The van der Waals surface area contributed by atoms with E-state index in [4.69, 9.17) is 14.2 Å². The van der Waals surface area contributed by atoms with E-state index in [9.17, 15) is 9.90 Å². The Bertz CT molecular complexity index is 1100. The number of aromatic hydroxyl groups is 1. The second-order valence-corrected chi connectivity index (χ2v) is 6.99. The Kier molecular flexibility index (Phi) is 7.12. The number of carbonyl (C=O) groups is 1. The third-order valence-electron chi connectivity index (χ3n) is 5.07. The monoisotopic (exact) mass is 425 g/mol. The maximum absolute atomic E-state index is 12.6. The number of fused-ring (bicyclic) bond motifs is 1. The quantitative estimate of drug-likeness (QED) is 0.361. The lowest BCUT2D eigenvalue weighted by Crippen LogP contribution is -1.97. The summed E-state index contributed by atoms with van der Waals surface area (Å²) in [6.45, 7) is 2.76. The SMILES string of the molecule is CCCCCn1c(O)c(N=NC(=O)c2ccc(OC)c(OC)c2)c2cc(OC)ccc21. The Morgan fingerprint density at radius 1 is 1.00 bits per heavy atom. The highest BCUT2D eigenvalue weighted by atomic mass is 16.5. The van der Waals surface area contributed by atoms with Gasteiger partial charge in [-0.05, 0) is 42.8 Å². The Morgan fingerprint density at radius 3 is 2.45 bits per heavy atom. The van der Waals surface area contributed by atoms with E-state index in [1.54, 1.807) is 29.9 Å². The zero-order valence-electron chi connectivity index (χ0n) is 18.2. The van der Waals surface area contributed by atoms with Gasteiger partial charge in [-0.2, -0.15) is 0 Å². The molecule has 8 heteroatoms. The third-order valence-corrected chi connectivity index (χ3v) is 5.07. The van der Waals surface area contributed by atoms with Crippen molar-refractivity contribution in [2.45, 2.75) is 32.7 Å². The van der Waals surface area contributed by atoms with Crippen molar-refractivity contribution in [2.75, 3.05) is 21.3 Å². The van der Waals surface area contributed by atoms with Crippen molar-refractivity contribution in [3.63, 3.8) is 0 Å². The number of amides is 1. The largest absolute Gasteiger partial charge is 0.497 e. The molecule has 0 fully saturated rings. The van der Waals surface area contributed by atoms with E-state index in [1.165, 1.54) is 20.3 Å². The van der Waals surface area contributed by atoms with Gasteiger partial charge in [0.15, 0.2) is 17.2 Å². The molecule has 8 nitrogen and oxygen atoms in total. The standard InChI is InChI=1S/C23H27N3O5/c1-5-6-7-12-26-18-10-9-16(29-2)14-17(18)21(23(26)28)24-25-22(27)15-8-11-19(30-3)20(13-15)31-4/h8-11,13-14,28H,5-7,12H2,1-4H3. The lowest BCUT2D eigenvalue weighted by atomic mass is 10.2. The molecular formula is C23H27N3O5. The summed E-state index contributed by atoms with van der Waals surface area (Å²) in [5.41, 5.74) is 1.34. The number of carbonyl (C=O) groups excluding carboxylic acids is 1. The maximum atomic E-state index is 12.6. The van der Waals surface area contributed by atoms with Crippen molar-refractivity contribution in [2.24, 2.45) is 10.2 Å². The predicted molar refractivity (Wildman–Crippen MR) is 118 cm³/mol. The first-order chi connectivity index (χ1) is 15.0. The minimum atomic E-state index is -0.560. The average molecular weight is 425 g/mol. The van der Waals surface area contributed by atoms with E-state index in [-0.39, 0.29) is 11.6 Å². The molecule has 3 rings (SSSR count). The molecule has 31 heavy (non-hydrogen) atoms. The summed E-state index contributed by atoms with van der Waals surface area (Å²) >= 11 is 0. The van der Waals surface area contributed by atoms with Crippen LogP contribution in [0.5, 0.6) is 23.1 Å². The topological polar surface area (TPSA) is 94.6 Å². The number of benzene rings is 2. The zero-order valence-corrected chi connectivity index (χ0v) is 18.2. The number of hydrogen-bond acceptors (Lipinski definition) is 6. The summed E-state index contributed by atoms with van der Waals surface area (Å²) in [5, 5.41) is 19.5. The molecule has 0 spiro atoms. The van der Waals surface area contributed by atoms with E-state index in [0.29, 0.717) is 34.7 Å². The van der Waals surface area contributed by atoms with Crippen LogP contribution in [-0.4, -0.2) is 36.9 Å². The molecule has 0 atom stereocenters. The number of aryl methyl sites for hydroxylation is 1. The zero-order chi connectivity index (χ0) is 22.4. The summed E-state index contributed by atoms with van der Waals surface area (Å²) in [4.78, 5) is 12.6. The van der Waals surface area contributed by atoms with Gasteiger partial charge in [-0.25, -0.2) is 0 Å².